The minimum Gasteiger partial charge on any atom is -0.497 e. The van der Waals surface area contributed by atoms with Crippen LogP contribution >= 0.6 is 0 Å². The van der Waals surface area contributed by atoms with Gasteiger partial charge in [-0.2, -0.15) is 0 Å². The average molecular weight is 405 g/mol. The van der Waals surface area contributed by atoms with Gasteiger partial charge in [0.1, 0.15) is 11.6 Å². The number of carbonyl (C=O) groups excluding carboxylic acids is 1. The van der Waals surface area contributed by atoms with Crippen molar-refractivity contribution in [3.63, 3.8) is 0 Å². The molecule has 2 fully saturated rings. The molecule has 0 radical (unpaired) electrons. The molecule has 4 heterocycles. The molecule has 2 aromatic heterocycles. The summed E-state index contributed by atoms with van der Waals surface area (Å²) in [5.74, 6) is 2.97. The van der Waals surface area contributed by atoms with Crippen LogP contribution in [0.3, 0.4) is 0 Å². The number of rotatable bonds is 4. The summed E-state index contributed by atoms with van der Waals surface area (Å²) >= 11 is 0. The number of aromatic nitrogens is 2. The maximum atomic E-state index is 12.4. The van der Waals surface area contributed by atoms with Gasteiger partial charge in [-0.05, 0) is 42.7 Å². The Kier molecular flexibility index (Phi) is 4.74. The van der Waals surface area contributed by atoms with E-state index in [2.05, 4.69) is 51.6 Å². The summed E-state index contributed by atoms with van der Waals surface area (Å²) in [7, 11) is 1.68. The minimum absolute atomic E-state index is 0.129. The first-order valence-electron chi connectivity index (χ1n) is 10.6. The topological polar surface area (TPSA) is 50.1 Å². The Bertz CT molecular complexity index is 1070. The van der Waals surface area contributed by atoms with Crippen LogP contribution in [-0.4, -0.2) is 51.8 Å². The monoisotopic (exact) mass is 404 g/mol. The van der Waals surface area contributed by atoms with Gasteiger partial charge in [0.2, 0.25) is 5.91 Å². The Morgan fingerprint density at radius 2 is 1.93 bits per heavy atom. The van der Waals surface area contributed by atoms with Crippen LogP contribution in [-0.2, 0) is 11.3 Å². The average Bonchev–Trinajstić information content (AvgIpc) is 3.40. The normalized spacial score (nSPS) is 23.8. The Balaban J connectivity index is 1.39. The third-order valence-corrected chi connectivity index (χ3v) is 6.78. The van der Waals surface area contributed by atoms with Crippen molar-refractivity contribution < 1.29 is 9.53 Å². The van der Waals surface area contributed by atoms with Gasteiger partial charge in [0.15, 0.2) is 0 Å². The first-order chi connectivity index (χ1) is 14.5. The lowest BCUT2D eigenvalue weighted by Gasteiger charge is -2.29. The molecule has 0 N–H and O–H groups in total. The highest BCUT2D eigenvalue weighted by atomic mass is 16.5. The van der Waals surface area contributed by atoms with Crippen LogP contribution < -0.4 is 4.74 Å². The van der Waals surface area contributed by atoms with E-state index in [1.54, 1.807) is 14.0 Å². The molecular formula is C24H28N4O2. The Morgan fingerprint density at radius 1 is 1.13 bits per heavy atom. The van der Waals surface area contributed by atoms with Gasteiger partial charge in [-0.1, -0.05) is 18.2 Å². The Hall–Kier alpha value is -2.86. The molecule has 0 unspecified atom stereocenters. The number of imidazole rings is 1. The molecular weight excluding hydrogens is 376 g/mol. The van der Waals surface area contributed by atoms with Crippen LogP contribution in [0.2, 0.25) is 0 Å². The number of nitrogens with zero attached hydrogens (tertiary/aromatic N) is 4. The zero-order valence-corrected chi connectivity index (χ0v) is 17.8. The highest BCUT2D eigenvalue weighted by Gasteiger charge is 2.48. The second kappa shape index (κ2) is 7.43. The first kappa shape index (κ1) is 19.1. The first-order valence-corrected chi connectivity index (χ1v) is 10.6. The van der Waals surface area contributed by atoms with E-state index >= 15 is 0 Å². The number of ether oxygens (including phenoxy) is 1. The van der Waals surface area contributed by atoms with Gasteiger partial charge >= 0.3 is 0 Å². The van der Waals surface area contributed by atoms with Gasteiger partial charge in [0.05, 0.1) is 24.4 Å². The summed E-state index contributed by atoms with van der Waals surface area (Å²) in [4.78, 5) is 21.8. The number of hydrogen-bond donors (Lipinski definition) is 0. The predicted octanol–water partition coefficient (Wildman–Crippen LogP) is 3.30. The molecule has 0 spiro atoms. The van der Waals surface area contributed by atoms with E-state index < -0.39 is 0 Å². The van der Waals surface area contributed by atoms with Crippen molar-refractivity contribution in [2.45, 2.75) is 26.4 Å². The van der Waals surface area contributed by atoms with Crippen LogP contribution in [0, 0.1) is 18.8 Å². The third-order valence-electron chi connectivity index (χ3n) is 6.78. The summed E-state index contributed by atoms with van der Waals surface area (Å²) in [6.07, 6.45) is 2.07. The van der Waals surface area contributed by atoms with E-state index in [0.717, 1.165) is 43.4 Å². The summed E-state index contributed by atoms with van der Waals surface area (Å²) in [6.45, 7) is 7.41. The highest BCUT2D eigenvalue weighted by molar-refractivity contribution is 5.74. The van der Waals surface area contributed by atoms with Gasteiger partial charge in [0.25, 0.3) is 0 Å². The lowest BCUT2D eigenvalue weighted by molar-refractivity contribution is -0.130. The zero-order chi connectivity index (χ0) is 20.8. The number of methoxy groups -OCH3 is 1. The fraction of sp³-hybridized carbons (Fsp3) is 0.417. The van der Waals surface area contributed by atoms with Gasteiger partial charge in [0, 0.05) is 45.2 Å². The van der Waals surface area contributed by atoms with E-state index in [0.29, 0.717) is 11.8 Å². The lowest BCUT2D eigenvalue weighted by atomic mass is 9.89. The van der Waals surface area contributed by atoms with Crippen molar-refractivity contribution in [2.24, 2.45) is 11.8 Å². The molecule has 2 aliphatic rings. The molecule has 30 heavy (non-hydrogen) atoms. The molecule has 6 heteroatoms. The van der Waals surface area contributed by atoms with E-state index in [-0.39, 0.29) is 11.9 Å². The highest BCUT2D eigenvalue weighted by Crippen LogP contribution is 2.45. The van der Waals surface area contributed by atoms with Gasteiger partial charge < -0.3 is 14.0 Å². The van der Waals surface area contributed by atoms with Crippen molar-refractivity contribution in [1.29, 1.82) is 0 Å². The summed E-state index contributed by atoms with van der Waals surface area (Å²) in [5, 5.41) is 0. The molecule has 156 valence electrons. The van der Waals surface area contributed by atoms with Crippen molar-refractivity contribution in [2.75, 3.05) is 26.7 Å². The third kappa shape index (κ3) is 3.16. The van der Waals surface area contributed by atoms with Gasteiger partial charge in [-0.25, -0.2) is 4.98 Å². The summed E-state index contributed by atoms with van der Waals surface area (Å²) in [6, 6.07) is 14.6. The second-order valence-electron chi connectivity index (χ2n) is 8.57. The molecule has 3 aromatic rings. The standard InChI is InChI=1S/C24H28N4O2/c1-16-25-22(23-6-4-5-11-27(16)23)15-26-12-19-13-28(17(2)29)24(21(19)14-26)18-7-9-20(30-3)10-8-18/h4-11,19,21,24H,12-15H2,1-3H3/t19-,21-,24+/m1/s1. The molecule has 3 atom stereocenters. The number of aryl methyl sites for hydroxylation is 1. The maximum absolute atomic E-state index is 12.4. The van der Waals surface area contributed by atoms with Crippen molar-refractivity contribution in [3.05, 3.63) is 65.7 Å². The maximum Gasteiger partial charge on any atom is 0.219 e. The second-order valence-corrected chi connectivity index (χ2v) is 8.57. The number of benzene rings is 1. The lowest BCUT2D eigenvalue weighted by Crippen LogP contribution is -2.34. The van der Waals surface area contributed by atoms with Crippen LogP contribution in [0.5, 0.6) is 5.75 Å². The van der Waals surface area contributed by atoms with E-state index in [1.165, 1.54) is 11.1 Å². The number of amides is 1. The number of pyridine rings is 1. The Morgan fingerprint density at radius 3 is 2.67 bits per heavy atom. The van der Waals surface area contributed by atoms with Gasteiger partial charge in [-0.15, -0.1) is 0 Å². The molecule has 5 rings (SSSR count). The van der Waals surface area contributed by atoms with Gasteiger partial charge in [-0.3, -0.25) is 9.69 Å². The van der Waals surface area contributed by atoms with Crippen LogP contribution in [0.25, 0.3) is 5.52 Å². The quantitative estimate of drug-likeness (QED) is 0.670. The largest absolute Gasteiger partial charge is 0.497 e. The number of likely N-dealkylation sites (tertiary alicyclic amines) is 2. The van der Waals surface area contributed by atoms with E-state index in [1.807, 2.05) is 18.2 Å². The minimum atomic E-state index is 0.129. The molecule has 1 amide bonds. The van der Waals surface area contributed by atoms with Crippen molar-refractivity contribution in [1.82, 2.24) is 19.2 Å². The fourth-order valence-corrected chi connectivity index (χ4v) is 5.41. The number of hydrogen-bond acceptors (Lipinski definition) is 4. The molecule has 0 bridgehead atoms. The van der Waals surface area contributed by atoms with Crippen LogP contribution in [0.4, 0.5) is 0 Å². The van der Waals surface area contributed by atoms with Crippen molar-refractivity contribution in [3.8, 4) is 5.75 Å². The molecule has 6 nitrogen and oxygen atoms in total. The van der Waals surface area contributed by atoms with E-state index in [4.69, 9.17) is 9.72 Å². The predicted molar refractivity (Wildman–Crippen MR) is 115 cm³/mol. The number of fused-ring (bicyclic) bond motifs is 2. The summed E-state index contributed by atoms with van der Waals surface area (Å²) in [5.41, 5.74) is 3.52. The van der Waals surface area contributed by atoms with Crippen molar-refractivity contribution >= 4 is 11.4 Å². The molecule has 1 aromatic carbocycles. The zero-order valence-electron chi connectivity index (χ0n) is 17.8. The molecule has 0 saturated carbocycles. The summed E-state index contributed by atoms with van der Waals surface area (Å²) < 4.78 is 7.47. The smallest absolute Gasteiger partial charge is 0.219 e. The Labute approximate surface area is 177 Å². The fourth-order valence-electron chi connectivity index (χ4n) is 5.41. The molecule has 0 aliphatic carbocycles. The SMILES string of the molecule is COc1ccc([C@H]2[C@@H]3CN(Cc4nc(C)n5ccccc45)C[C@@H]3CN2C(C)=O)cc1. The van der Waals surface area contributed by atoms with E-state index in [9.17, 15) is 4.79 Å². The van der Waals surface area contributed by atoms with Crippen LogP contribution in [0.15, 0.2) is 48.7 Å². The van der Waals surface area contributed by atoms with Crippen LogP contribution in [0.1, 0.15) is 30.0 Å². The number of carbonyl (C=O) groups is 1. The molecule has 2 aliphatic heterocycles. The molecule has 2 saturated heterocycles.